The average Bonchev–Trinajstić information content (AvgIpc) is 2.17. The molecule has 1 aliphatic heterocycles. The zero-order chi connectivity index (χ0) is 10.0. The van der Waals surface area contributed by atoms with Crippen molar-refractivity contribution in [3.63, 3.8) is 0 Å². The van der Waals surface area contributed by atoms with Gasteiger partial charge >= 0.3 is 0 Å². The second kappa shape index (κ2) is 3.46. The zero-order valence-electron chi connectivity index (χ0n) is 8.41. The summed E-state index contributed by atoms with van der Waals surface area (Å²) in [6, 6.07) is 3.67. The molecule has 0 aliphatic carbocycles. The Morgan fingerprint density at radius 1 is 1.43 bits per heavy atom. The maximum absolute atomic E-state index is 5.71. The van der Waals surface area contributed by atoms with Crippen LogP contribution in [0.4, 0.5) is 0 Å². The van der Waals surface area contributed by atoms with E-state index in [1.165, 1.54) is 0 Å². The number of ether oxygens (including phenoxy) is 2. The molecular formula is C10H14N2O2. The maximum atomic E-state index is 5.71. The Kier molecular flexibility index (Phi) is 2.29. The molecule has 1 fully saturated rings. The van der Waals surface area contributed by atoms with Gasteiger partial charge in [-0.2, -0.15) is 0 Å². The van der Waals surface area contributed by atoms with Crippen LogP contribution >= 0.6 is 0 Å². The van der Waals surface area contributed by atoms with Crippen LogP contribution in [0.2, 0.25) is 0 Å². The minimum atomic E-state index is -0.0956. The molecular weight excluding hydrogens is 180 g/mol. The molecule has 1 aliphatic rings. The monoisotopic (exact) mass is 194 g/mol. The number of hydrogen-bond donors (Lipinski definition) is 1. The van der Waals surface area contributed by atoms with Crippen molar-refractivity contribution in [3.8, 4) is 11.6 Å². The first-order chi connectivity index (χ1) is 6.72. The molecule has 2 rings (SSSR count). The molecule has 14 heavy (non-hydrogen) atoms. The standard InChI is InChI=1S/C10H14N2O2/c1-10(6-11-7-10)14-9-4-3-8(13-2)5-12-9/h3-5,11H,6-7H2,1-2H3. The third-order valence-electron chi connectivity index (χ3n) is 2.29. The number of nitrogens with one attached hydrogen (secondary N) is 1. The molecule has 1 aromatic heterocycles. The topological polar surface area (TPSA) is 43.4 Å². The normalized spacial score (nSPS) is 18.4. The molecule has 0 unspecified atom stereocenters. The smallest absolute Gasteiger partial charge is 0.214 e. The lowest BCUT2D eigenvalue weighted by atomic mass is 10.0. The van der Waals surface area contributed by atoms with Gasteiger partial charge in [0, 0.05) is 19.2 Å². The van der Waals surface area contributed by atoms with Crippen molar-refractivity contribution in [2.45, 2.75) is 12.5 Å². The van der Waals surface area contributed by atoms with Crippen LogP contribution in [0, 0.1) is 0 Å². The SMILES string of the molecule is COc1ccc(OC2(C)CNC2)nc1. The summed E-state index contributed by atoms with van der Waals surface area (Å²) >= 11 is 0. The highest BCUT2D eigenvalue weighted by molar-refractivity contribution is 5.23. The van der Waals surface area contributed by atoms with E-state index in [4.69, 9.17) is 9.47 Å². The van der Waals surface area contributed by atoms with Gasteiger partial charge in [-0.3, -0.25) is 0 Å². The molecule has 4 nitrogen and oxygen atoms in total. The van der Waals surface area contributed by atoms with Gasteiger partial charge in [-0.25, -0.2) is 4.98 Å². The van der Waals surface area contributed by atoms with Crippen LogP contribution in [0.5, 0.6) is 11.6 Å². The lowest BCUT2D eigenvalue weighted by Gasteiger charge is -2.38. The van der Waals surface area contributed by atoms with Crippen molar-refractivity contribution in [2.24, 2.45) is 0 Å². The number of nitrogens with zero attached hydrogens (tertiary/aromatic N) is 1. The first kappa shape index (κ1) is 9.27. The summed E-state index contributed by atoms with van der Waals surface area (Å²) in [5.74, 6) is 1.39. The number of hydrogen-bond acceptors (Lipinski definition) is 4. The van der Waals surface area contributed by atoms with E-state index in [9.17, 15) is 0 Å². The quantitative estimate of drug-likeness (QED) is 0.774. The summed E-state index contributed by atoms with van der Waals surface area (Å²) in [6.07, 6.45) is 1.66. The van der Waals surface area contributed by atoms with E-state index in [1.807, 2.05) is 12.1 Å². The summed E-state index contributed by atoms with van der Waals surface area (Å²) in [4.78, 5) is 4.14. The Labute approximate surface area is 83.2 Å². The van der Waals surface area contributed by atoms with E-state index in [-0.39, 0.29) is 5.60 Å². The number of aromatic nitrogens is 1. The zero-order valence-corrected chi connectivity index (χ0v) is 8.41. The van der Waals surface area contributed by atoms with E-state index < -0.39 is 0 Å². The van der Waals surface area contributed by atoms with Crippen LogP contribution in [-0.4, -0.2) is 30.8 Å². The third-order valence-corrected chi connectivity index (χ3v) is 2.29. The van der Waals surface area contributed by atoms with E-state index in [1.54, 1.807) is 13.3 Å². The van der Waals surface area contributed by atoms with Gasteiger partial charge in [0.15, 0.2) is 0 Å². The van der Waals surface area contributed by atoms with Crippen LogP contribution in [0.15, 0.2) is 18.3 Å². The minimum absolute atomic E-state index is 0.0956. The van der Waals surface area contributed by atoms with Crippen molar-refractivity contribution in [3.05, 3.63) is 18.3 Å². The number of rotatable bonds is 3. The summed E-state index contributed by atoms with van der Waals surface area (Å²) in [5.41, 5.74) is -0.0956. The molecule has 0 atom stereocenters. The Hall–Kier alpha value is -1.29. The molecule has 0 radical (unpaired) electrons. The van der Waals surface area contributed by atoms with Crippen LogP contribution in [0.3, 0.4) is 0 Å². The molecule has 0 aromatic carbocycles. The Morgan fingerprint density at radius 3 is 2.64 bits per heavy atom. The Bertz CT molecular complexity index is 306. The van der Waals surface area contributed by atoms with Crippen LogP contribution in [0.1, 0.15) is 6.92 Å². The largest absolute Gasteiger partial charge is 0.495 e. The second-order valence-corrected chi connectivity index (χ2v) is 3.69. The maximum Gasteiger partial charge on any atom is 0.214 e. The molecule has 1 aromatic rings. The lowest BCUT2D eigenvalue weighted by molar-refractivity contribution is 0.0304. The van der Waals surface area contributed by atoms with Gasteiger partial charge in [-0.15, -0.1) is 0 Å². The van der Waals surface area contributed by atoms with Crippen LogP contribution < -0.4 is 14.8 Å². The summed E-state index contributed by atoms with van der Waals surface area (Å²) in [6.45, 7) is 3.82. The first-order valence-corrected chi connectivity index (χ1v) is 4.62. The van der Waals surface area contributed by atoms with E-state index >= 15 is 0 Å². The molecule has 0 amide bonds. The predicted molar refractivity (Wildman–Crippen MR) is 52.7 cm³/mol. The molecule has 76 valence electrons. The fourth-order valence-electron chi connectivity index (χ4n) is 1.35. The predicted octanol–water partition coefficient (Wildman–Crippen LogP) is 0.831. The van der Waals surface area contributed by atoms with E-state index in [0.29, 0.717) is 5.88 Å². The Balaban J connectivity index is 2.02. The number of pyridine rings is 1. The minimum Gasteiger partial charge on any atom is -0.495 e. The van der Waals surface area contributed by atoms with Gasteiger partial charge in [0.25, 0.3) is 0 Å². The summed E-state index contributed by atoms with van der Waals surface area (Å²) in [7, 11) is 1.62. The van der Waals surface area contributed by atoms with Gasteiger partial charge < -0.3 is 14.8 Å². The number of methoxy groups -OCH3 is 1. The van der Waals surface area contributed by atoms with Gasteiger partial charge in [0.05, 0.1) is 13.3 Å². The molecule has 0 saturated carbocycles. The highest BCUT2D eigenvalue weighted by atomic mass is 16.5. The van der Waals surface area contributed by atoms with Crippen molar-refractivity contribution in [1.29, 1.82) is 0 Å². The van der Waals surface area contributed by atoms with Crippen molar-refractivity contribution < 1.29 is 9.47 Å². The Morgan fingerprint density at radius 2 is 2.21 bits per heavy atom. The van der Waals surface area contributed by atoms with E-state index in [2.05, 4.69) is 17.2 Å². The highest BCUT2D eigenvalue weighted by Crippen LogP contribution is 2.21. The lowest BCUT2D eigenvalue weighted by Crippen LogP contribution is -2.61. The van der Waals surface area contributed by atoms with Crippen LogP contribution in [0.25, 0.3) is 0 Å². The molecule has 4 heteroatoms. The van der Waals surface area contributed by atoms with Crippen molar-refractivity contribution >= 4 is 0 Å². The fourth-order valence-corrected chi connectivity index (χ4v) is 1.35. The fraction of sp³-hybridized carbons (Fsp3) is 0.500. The van der Waals surface area contributed by atoms with E-state index in [0.717, 1.165) is 18.8 Å². The molecule has 1 N–H and O–H groups in total. The summed E-state index contributed by atoms with van der Waals surface area (Å²) < 4.78 is 10.7. The van der Waals surface area contributed by atoms with Gasteiger partial charge in [0.2, 0.25) is 5.88 Å². The molecule has 2 heterocycles. The molecule has 0 bridgehead atoms. The van der Waals surface area contributed by atoms with Gasteiger partial charge in [0.1, 0.15) is 11.4 Å². The second-order valence-electron chi connectivity index (χ2n) is 3.69. The highest BCUT2D eigenvalue weighted by Gasteiger charge is 2.34. The average molecular weight is 194 g/mol. The van der Waals surface area contributed by atoms with Crippen LogP contribution in [-0.2, 0) is 0 Å². The van der Waals surface area contributed by atoms with Crippen molar-refractivity contribution in [1.82, 2.24) is 10.3 Å². The van der Waals surface area contributed by atoms with Gasteiger partial charge in [-0.05, 0) is 13.0 Å². The third kappa shape index (κ3) is 1.80. The summed E-state index contributed by atoms with van der Waals surface area (Å²) in [5, 5.41) is 3.17. The first-order valence-electron chi connectivity index (χ1n) is 4.62. The molecule has 1 saturated heterocycles. The molecule has 0 spiro atoms. The van der Waals surface area contributed by atoms with Gasteiger partial charge in [-0.1, -0.05) is 0 Å². The van der Waals surface area contributed by atoms with Crippen molar-refractivity contribution in [2.75, 3.05) is 20.2 Å².